The molecule has 1 aliphatic rings. The number of likely N-dealkylation sites (tertiary alicyclic amines) is 1. The van der Waals surface area contributed by atoms with Crippen LogP contribution in [0, 0.1) is 5.92 Å². The van der Waals surface area contributed by atoms with Gasteiger partial charge < -0.3 is 15.0 Å². The van der Waals surface area contributed by atoms with Crippen LogP contribution >= 0.6 is 0 Å². The number of ether oxygens (including phenoxy) is 1. The van der Waals surface area contributed by atoms with Crippen molar-refractivity contribution in [3.8, 4) is 0 Å². The molecule has 6 heteroatoms. The Labute approximate surface area is 145 Å². The Balaban J connectivity index is 1.84. The Morgan fingerprint density at radius 3 is 2.58 bits per heavy atom. The van der Waals surface area contributed by atoms with Crippen LogP contribution in [0.3, 0.4) is 0 Å². The zero-order valence-electron chi connectivity index (χ0n) is 15.5. The van der Waals surface area contributed by atoms with Gasteiger partial charge in [-0.05, 0) is 46.0 Å². The second-order valence-electron chi connectivity index (χ2n) is 7.88. The van der Waals surface area contributed by atoms with E-state index < -0.39 is 5.60 Å². The summed E-state index contributed by atoms with van der Waals surface area (Å²) in [5, 5.41) is 3.47. The first-order chi connectivity index (χ1) is 11.2. The van der Waals surface area contributed by atoms with Gasteiger partial charge in [0.2, 0.25) is 0 Å². The number of rotatable bonds is 4. The van der Waals surface area contributed by atoms with Crippen molar-refractivity contribution in [2.24, 2.45) is 5.92 Å². The summed E-state index contributed by atoms with van der Waals surface area (Å²) in [6, 6.07) is 2.35. The average Bonchev–Trinajstić information content (AvgIpc) is 2.46. The largest absolute Gasteiger partial charge is 0.444 e. The SMILES string of the molecule is CC(C)Cc1cc(NC2CCN(C(=O)OC(C)(C)C)CC2)ncn1. The van der Waals surface area contributed by atoms with Crippen molar-refractivity contribution in [2.75, 3.05) is 18.4 Å². The summed E-state index contributed by atoms with van der Waals surface area (Å²) in [5.41, 5.74) is 0.619. The maximum atomic E-state index is 12.1. The van der Waals surface area contributed by atoms with Gasteiger partial charge in [-0.3, -0.25) is 0 Å². The van der Waals surface area contributed by atoms with Gasteiger partial charge in [-0.2, -0.15) is 0 Å². The first-order valence-electron chi connectivity index (χ1n) is 8.78. The van der Waals surface area contributed by atoms with Gasteiger partial charge in [0.05, 0.1) is 0 Å². The van der Waals surface area contributed by atoms with Gasteiger partial charge in [0.25, 0.3) is 0 Å². The Kier molecular flexibility index (Phi) is 6.02. The minimum absolute atomic E-state index is 0.220. The van der Waals surface area contributed by atoms with Crippen LogP contribution in [0.5, 0.6) is 0 Å². The third-order valence-corrected chi connectivity index (χ3v) is 3.84. The Hall–Kier alpha value is -1.85. The van der Waals surface area contributed by atoms with Crippen LogP contribution in [-0.4, -0.2) is 45.7 Å². The summed E-state index contributed by atoms with van der Waals surface area (Å²) in [6.45, 7) is 11.4. The Morgan fingerprint density at radius 2 is 2.00 bits per heavy atom. The lowest BCUT2D eigenvalue weighted by molar-refractivity contribution is 0.0210. The van der Waals surface area contributed by atoms with Crippen molar-refractivity contribution in [2.45, 2.75) is 65.5 Å². The molecule has 0 unspecified atom stereocenters. The monoisotopic (exact) mass is 334 g/mol. The molecule has 24 heavy (non-hydrogen) atoms. The van der Waals surface area contributed by atoms with Crippen LogP contribution < -0.4 is 5.32 Å². The van der Waals surface area contributed by atoms with E-state index in [0.29, 0.717) is 25.0 Å². The first kappa shape index (κ1) is 18.5. The van der Waals surface area contributed by atoms with Crippen molar-refractivity contribution < 1.29 is 9.53 Å². The zero-order valence-corrected chi connectivity index (χ0v) is 15.5. The van der Waals surface area contributed by atoms with E-state index in [4.69, 9.17) is 4.74 Å². The standard InChI is InChI=1S/C18H30N4O2/c1-13(2)10-15-11-16(20-12-19-15)21-14-6-8-22(9-7-14)17(23)24-18(3,4)5/h11-14H,6-10H2,1-5H3,(H,19,20,21). The Morgan fingerprint density at radius 1 is 1.33 bits per heavy atom. The van der Waals surface area contributed by atoms with E-state index in [1.165, 1.54) is 0 Å². The fourth-order valence-electron chi connectivity index (χ4n) is 2.75. The fourth-order valence-corrected chi connectivity index (χ4v) is 2.75. The van der Waals surface area contributed by atoms with Crippen LogP contribution in [0.2, 0.25) is 0 Å². The molecular weight excluding hydrogens is 304 g/mol. The summed E-state index contributed by atoms with van der Waals surface area (Å²) >= 11 is 0. The summed E-state index contributed by atoms with van der Waals surface area (Å²) in [7, 11) is 0. The summed E-state index contributed by atoms with van der Waals surface area (Å²) in [6.07, 6.45) is 4.14. The number of amides is 1. The molecule has 1 amide bonds. The molecule has 1 N–H and O–H groups in total. The van der Waals surface area contributed by atoms with Gasteiger partial charge in [0, 0.05) is 30.9 Å². The third-order valence-electron chi connectivity index (χ3n) is 3.84. The summed E-state index contributed by atoms with van der Waals surface area (Å²) in [4.78, 5) is 22.5. The Bertz CT molecular complexity index is 546. The van der Waals surface area contributed by atoms with E-state index in [1.54, 1.807) is 11.2 Å². The number of nitrogens with zero attached hydrogens (tertiary/aromatic N) is 3. The molecule has 0 radical (unpaired) electrons. The molecule has 0 aromatic carbocycles. The molecule has 1 aromatic rings. The second kappa shape index (κ2) is 7.81. The lowest BCUT2D eigenvalue weighted by atomic mass is 10.1. The predicted octanol–water partition coefficient (Wildman–Crippen LogP) is 3.49. The van der Waals surface area contributed by atoms with Gasteiger partial charge in [-0.25, -0.2) is 14.8 Å². The van der Waals surface area contributed by atoms with Crippen molar-refractivity contribution >= 4 is 11.9 Å². The predicted molar refractivity (Wildman–Crippen MR) is 95.0 cm³/mol. The highest BCUT2D eigenvalue weighted by atomic mass is 16.6. The number of carbonyl (C=O) groups excluding carboxylic acids is 1. The molecule has 0 bridgehead atoms. The van der Waals surface area contributed by atoms with Crippen molar-refractivity contribution in [1.29, 1.82) is 0 Å². The number of piperidine rings is 1. The number of carbonyl (C=O) groups is 1. The van der Waals surface area contributed by atoms with Gasteiger partial charge in [0.1, 0.15) is 17.7 Å². The maximum absolute atomic E-state index is 12.1. The molecule has 0 spiro atoms. The molecule has 0 atom stereocenters. The molecule has 1 aliphatic heterocycles. The molecule has 134 valence electrons. The number of hydrogen-bond acceptors (Lipinski definition) is 5. The molecule has 0 saturated carbocycles. The quantitative estimate of drug-likeness (QED) is 0.913. The van der Waals surface area contributed by atoms with Gasteiger partial charge in [0.15, 0.2) is 0 Å². The number of anilines is 1. The second-order valence-corrected chi connectivity index (χ2v) is 7.88. The van der Waals surface area contributed by atoms with E-state index in [1.807, 2.05) is 26.8 Å². The highest BCUT2D eigenvalue weighted by molar-refractivity contribution is 5.68. The molecule has 0 aliphatic carbocycles. The number of aromatic nitrogens is 2. The highest BCUT2D eigenvalue weighted by Crippen LogP contribution is 2.18. The minimum atomic E-state index is -0.444. The summed E-state index contributed by atoms with van der Waals surface area (Å²) in [5.74, 6) is 1.45. The highest BCUT2D eigenvalue weighted by Gasteiger charge is 2.26. The van der Waals surface area contributed by atoms with Crippen LogP contribution in [0.4, 0.5) is 10.6 Å². The van der Waals surface area contributed by atoms with Crippen molar-refractivity contribution in [1.82, 2.24) is 14.9 Å². The normalized spacial score (nSPS) is 16.3. The topological polar surface area (TPSA) is 67.4 Å². The third kappa shape index (κ3) is 5.98. The van der Waals surface area contributed by atoms with Gasteiger partial charge >= 0.3 is 6.09 Å². The van der Waals surface area contributed by atoms with Crippen LogP contribution in [0.25, 0.3) is 0 Å². The van der Waals surface area contributed by atoms with E-state index in [2.05, 4.69) is 29.1 Å². The van der Waals surface area contributed by atoms with Crippen LogP contribution in [0.15, 0.2) is 12.4 Å². The van der Waals surface area contributed by atoms with Gasteiger partial charge in [-0.15, -0.1) is 0 Å². The van der Waals surface area contributed by atoms with E-state index in [0.717, 1.165) is 30.8 Å². The van der Waals surface area contributed by atoms with Crippen LogP contribution in [0.1, 0.15) is 53.2 Å². The molecule has 1 fully saturated rings. The molecule has 1 saturated heterocycles. The van der Waals surface area contributed by atoms with E-state index in [9.17, 15) is 4.79 Å². The lowest BCUT2D eigenvalue weighted by Crippen LogP contribution is -2.44. The lowest BCUT2D eigenvalue weighted by Gasteiger charge is -2.33. The molecule has 1 aromatic heterocycles. The molecular formula is C18H30N4O2. The molecule has 2 rings (SSSR count). The maximum Gasteiger partial charge on any atom is 0.410 e. The van der Waals surface area contributed by atoms with Crippen LogP contribution in [-0.2, 0) is 11.2 Å². The minimum Gasteiger partial charge on any atom is -0.444 e. The van der Waals surface area contributed by atoms with Crippen molar-refractivity contribution in [3.05, 3.63) is 18.1 Å². The zero-order chi connectivity index (χ0) is 17.7. The smallest absolute Gasteiger partial charge is 0.410 e. The van der Waals surface area contributed by atoms with E-state index in [-0.39, 0.29) is 6.09 Å². The molecule has 2 heterocycles. The first-order valence-corrected chi connectivity index (χ1v) is 8.78. The summed E-state index contributed by atoms with van der Waals surface area (Å²) < 4.78 is 5.43. The van der Waals surface area contributed by atoms with Crippen molar-refractivity contribution in [3.63, 3.8) is 0 Å². The fraction of sp³-hybridized carbons (Fsp3) is 0.722. The average molecular weight is 334 g/mol. The number of nitrogens with one attached hydrogen (secondary N) is 1. The van der Waals surface area contributed by atoms with Gasteiger partial charge in [-0.1, -0.05) is 13.8 Å². The molecule has 6 nitrogen and oxygen atoms in total. The number of hydrogen-bond donors (Lipinski definition) is 1. The van der Waals surface area contributed by atoms with E-state index >= 15 is 0 Å².